The second kappa shape index (κ2) is 8.78. The molecule has 0 aliphatic heterocycles. The predicted octanol–water partition coefficient (Wildman–Crippen LogP) is 4.85. The number of aryl methyl sites for hydroxylation is 1. The molecule has 4 rings (SSSR count). The number of rotatable bonds is 7. The molecule has 1 aliphatic rings. The number of nitrogens with one attached hydrogen (secondary N) is 1. The molecule has 30 heavy (non-hydrogen) atoms. The fourth-order valence-electron chi connectivity index (χ4n) is 3.91. The molecule has 2 N–H and O–H groups in total. The third-order valence-corrected chi connectivity index (χ3v) is 5.29. The number of pyridine rings is 1. The van der Waals surface area contributed by atoms with Gasteiger partial charge in [0, 0.05) is 18.5 Å². The van der Waals surface area contributed by atoms with E-state index in [1.54, 1.807) is 12.3 Å². The number of carboxylic acid groups (broad SMARTS) is 1. The monoisotopic (exact) mass is 402 g/mol. The highest BCUT2D eigenvalue weighted by Crippen LogP contribution is 2.44. The van der Waals surface area contributed by atoms with Gasteiger partial charge in [0.05, 0.1) is 0 Å². The quantitative estimate of drug-likeness (QED) is 0.590. The largest absolute Gasteiger partial charge is 0.481 e. The number of ether oxygens (including phenoxy) is 1. The molecule has 152 valence electrons. The summed E-state index contributed by atoms with van der Waals surface area (Å²) in [7, 11) is 0. The Labute approximate surface area is 174 Å². The topological polar surface area (TPSA) is 88.5 Å². The van der Waals surface area contributed by atoms with Crippen molar-refractivity contribution in [3.05, 3.63) is 83.6 Å². The summed E-state index contributed by atoms with van der Waals surface area (Å²) >= 11 is 0. The van der Waals surface area contributed by atoms with Gasteiger partial charge >= 0.3 is 12.1 Å². The maximum atomic E-state index is 12.5. The van der Waals surface area contributed by atoms with Crippen molar-refractivity contribution in [3.63, 3.8) is 0 Å². The number of hydrogen-bond donors (Lipinski definition) is 2. The number of carboxylic acids is 1. The zero-order chi connectivity index (χ0) is 20.9. The third-order valence-electron chi connectivity index (χ3n) is 5.29. The average molecular weight is 402 g/mol. The minimum atomic E-state index is -0.843. The van der Waals surface area contributed by atoms with Crippen molar-refractivity contribution in [2.24, 2.45) is 0 Å². The smallest absolute Gasteiger partial charge is 0.412 e. The van der Waals surface area contributed by atoms with Crippen LogP contribution in [0.1, 0.15) is 35.4 Å². The van der Waals surface area contributed by atoms with E-state index < -0.39 is 12.1 Å². The van der Waals surface area contributed by atoms with Gasteiger partial charge in [0.2, 0.25) is 0 Å². The molecule has 1 aliphatic carbocycles. The summed E-state index contributed by atoms with van der Waals surface area (Å²) in [6.07, 6.45) is 2.06. The van der Waals surface area contributed by atoms with Crippen LogP contribution in [0, 0.1) is 0 Å². The molecule has 0 bridgehead atoms. The van der Waals surface area contributed by atoms with Gasteiger partial charge in [-0.15, -0.1) is 0 Å². The second-order valence-electron chi connectivity index (χ2n) is 7.21. The van der Waals surface area contributed by atoms with Crippen LogP contribution in [0.25, 0.3) is 11.1 Å². The van der Waals surface area contributed by atoms with Gasteiger partial charge < -0.3 is 9.84 Å². The van der Waals surface area contributed by atoms with E-state index in [1.807, 2.05) is 30.3 Å². The molecule has 2 aromatic carbocycles. The van der Waals surface area contributed by atoms with E-state index in [4.69, 9.17) is 9.84 Å². The van der Waals surface area contributed by atoms with Crippen LogP contribution in [0.5, 0.6) is 0 Å². The third kappa shape index (κ3) is 4.17. The van der Waals surface area contributed by atoms with E-state index in [0.717, 1.165) is 16.7 Å². The first-order chi connectivity index (χ1) is 14.6. The Morgan fingerprint density at radius 2 is 1.63 bits per heavy atom. The Bertz CT molecular complexity index is 1030. The number of aliphatic carboxylic acids is 1. The lowest BCUT2D eigenvalue weighted by Gasteiger charge is -2.15. The number of anilines is 1. The first-order valence-corrected chi connectivity index (χ1v) is 9.91. The van der Waals surface area contributed by atoms with Crippen molar-refractivity contribution < 1.29 is 19.4 Å². The molecule has 0 radical (unpaired) electrons. The lowest BCUT2D eigenvalue weighted by atomic mass is 9.98. The van der Waals surface area contributed by atoms with Gasteiger partial charge in [0.1, 0.15) is 12.4 Å². The number of fused-ring (bicyclic) bond motifs is 3. The minimum Gasteiger partial charge on any atom is -0.481 e. The number of hydrogen-bond acceptors (Lipinski definition) is 4. The molecule has 0 fully saturated rings. The molecule has 0 saturated heterocycles. The van der Waals surface area contributed by atoms with Crippen molar-refractivity contribution in [1.29, 1.82) is 0 Å². The van der Waals surface area contributed by atoms with Gasteiger partial charge in [-0.05, 0) is 46.7 Å². The minimum absolute atomic E-state index is 0.0121. The van der Waals surface area contributed by atoms with Gasteiger partial charge in [-0.1, -0.05) is 54.6 Å². The number of carbonyl (C=O) groups excluding carboxylic acids is 1. The van der Waals surface area contributed by atoms with Gasteiger partial charge in [-0.25, -0.2) is 9.78 Å². The summed E-state index contributed by atoms with van der Waals surface area (Å²) in [5.74, 6) is -0.452. The first-order valence-electron chi connectivity index (χ1n) is 9.91. The van der Waals surface area contributed by atoms with E-state index in [2.05, 4.69) is 34.6 Å². The second-order valence-corrected chi connectivity index (χ2v) is 7.21. The van der Waals surface area contributed by atoms with Crippen molar-refractivity contribution in [2.75, 3.05) is 11.9 Å². The van der Waals surface area contributed by atoms with Crippen LogP contribution >= 0.6 is 0 Å². The molecule has 6 heteroatoms. The Hall–Kier alpha value is -3.67. The normalized spacial score (nSPS) is 12.1. The number of nitrogens with zero attached hydrogens (tertiary/aromatic N) is 1. The predicted molar refractivity (Wildman–Crippen MR) is 114 cm³/mol. The van der Waals surface area contributed by atoms with Crippen molar-refractivity contribution in [2.45, 2.75) is 25.2 Å². The van der Waals surface area contributed by atoms with Gasteiger partial charge in [0.15, 0.2) is 0 Å². The van der Waals surface area contributed by atoms with Gasteiger partial charge in [0.25, 0.3) is 0 Å². The standard InChI is InChI=1S/C24H22N2O4/c27-22(28)13-5-7-16-8-6-14-25-23(16)26-24(29)30-15-21-19-11-3-1-9-17(19)18-10-2-4-12-20(18)21/h1-4,6,8-12,14,21H,5,7,13,15H2,(H,27,28)(H,25,26,29). The highest BCUT2D eigenvalue weighted by atomic mass is 16.5. The molecular formula is C24H22N2O4. The molecule has 1 amide bonds. The van der Waals surface area contributed by atoms with Crippen molar-refractivity contribution >= 4 is 17.9 Å². The Kier molecular flexibility index (Phi) is 5.75. The van der Waals surface area contributed by atoms with E-state index in [9.17, 15) is 9.59 Å². The zero-order valence-corrected chi connectivity index (χ0v) is 16.4. The number of carbonyl (C=O) groups is 2. The van der Waals surface area contributed by atoms with E-state index in [-0.39, 0.29) is 18.9 Å². The van der Waals surface area contributed by atoms with Gasteiger partial charge in [-0.2, -0.15) is 0 Å². The maximum Gasteiger partial charge on any atom is 0.412 e. The maximum absolute atomic E-state index is 12.5. The molecular weight excluding hydrogens is 380 g/mol. The molecule has 1 heterocycles. The summed E-state index contributed by atoms with van der Waals surface area (Å²) in [5, 5.41) is 11.5. The van der Waals surface area contributed by atoms with Crippen LogP contribution in [0.2, 0.25) is 0 Å². The number of benzene rings is 2. The van der Waals surface area contributed by atoms with Crippen molar-refractivity contribution in [1.82, 2.24) is 4.98 Å². The van der Waals surface area contributed by atoms with Crippen LogP contribution in [0.3, 0.4) is 0 Å². The number of aromatic nitrogens is 1. The summed E-state index contributed by atoms with van der Waals surface area (Å²) in [5.41, 5.74) is 5.43. The fraction of sp³-hybridized carbons (Fsp3) is 0.208. The Morgan fingerprint density at radius 3 is 2.30 bits per heavy atom. The summed E-state index contributed by atoms with van der Waals surface area (Å²) in [6, 6.07) is 19.9. The van der Waals surface area contributed by atoms with Crippen LogP contribution in [0.4, 0.5) is 10.6 Å². The lowest BCUT2D eigenvalue weighted by molar-refractivity contribution is -0.137. The zero-order valence-electron chi connectivity index (χ0n) is 16.4. The van der Waals surface area contributed by atoms with E-state index in [1.165, 1.54) is 11.1 Å². The van der Waals surface area contributed by atoms with Crippen molar-refractivity contribution in [3.8, 4) is 11.1 Å². The van der Waals surface area contributed by atoms with Crippen LogP contribution < -0.4 is 5.32 Å². The first kappa shape index (κ1) is 19.6. The van der Waals surface area contributed by atoms with Crippen LogP contribution in [-0.4, -0.2) is 28.8 Å². The van der Waals surface area contributed by atoms with E-state index >= 15 is 0 Å². The highest BCUT2D eigenvalue weighted by Gasteiger charge is 2.29. The molecule has 0 saturated carbocycles. The lowest BCUT2D eigenvalue weighted by Crippen LogP contribution is -2.19. The average Bonchev–Trinajstić information content (AvgIpc) is 3.07. The fourth-order valence-corrected chi connectivity index (χ4v) is 3.91. The number of amides is 1. The van der Waals surface area contributed by atoms with E-state index in [0.29, 0.717) is 18.7 Å². The molecule has 0 unspecified atom stereocenters. The Balaban J connectivity index is 1.42. The summed E-state index contributed by atoms with van der Waals surface area (Å²) in [4.78, 5) is 27.4. The Morgan fingerprint density at radius 1 is 0.967 bits per heavy atom. The summed E-state index contributed by atoms with van der Waals surface area (Å²) < 4.78 is 5.56. The summed E-state index contributed by atoms with van der Waals surface area (Å²) in [6.45, 7) is 0.223. The van der Waals surface area contributed by atoms with Crippen LogP contribution in [-0.2, 0) is 16.0 Å². The molecule has 0 atom stereocenters. The molecule has 0 spiro atoms. The SMILES string of the molecule is O=C(O)CCCc1cccnc1NC(=O)OCC1c2ccccc2-c2ccccc21. The van der Waals surface area contributed by atoms with Gasteiger partial charge in [-0.3, -0.25) is 10.1 Å². The van der Waals surface area contributed by atoms with Crippen LogP contribution in [0.15, 0.2) is 66.9 Å². The molecule has 3 aromatic rings. The molecule has 6 nitrogen and oxygen atoms in total. The highest BCUT2D eigenvalue weighted by molar-refractivity contribution is 5.84. The molecule has 1 aromatic heterocycles.